The number of aromatic amines is 1. The molecular formula is C22H21N7O. The van der Waals surface area contributed by atoms with Crippen LogP contribution >= 0.6 is 0 Å². The Bertz CT molecular complexity index is 1170. The first kappa shape index (κ1) is 18.3. The number of fused-ring (bicyclic) bond motifs is 1. The molecule has 150 valence electrons. The molecule has 5 rings (SSSR count). The number of hydrogen-bond acceptors (Lipinski definition) is 6. The highest BCUT2D eigenvalue weighted by molar-refractivity contribution is 6.11. The molecule has 1 amide bonds. The lowest BCUT2D eigenvalue weighted by Gasteiger charge is -2.28. The van der Waals surface area contributed by atoms with Gasteiger partial charge in [-0.2, -0.15) is 5.10 Å². The maximum Gasteiger partial charge on any atom is 0.276 e. The minimum absolute atomic E-state index is 0.277. The average Bonchev–Trinajstić information content (AvgIpc) is 3.24. The van der Waals surface area contributed by atoms with Gasteiger partial charge < -0.3 is 15.5 Å². The lowest BCUT2D eigenvalue weighted by molar-refractivity contribution is 0.102. The maximum atomic E-state index is 12.9. The van der Waals surface area contributed by atoms with Crippen molar-refractivity contribution in [3.05, 3.63) is 66.7 Å². The molecule has 0 unspecified atom stereocenters. The van der Waals surface area contributed by atoms with E-state index in [1.54, 1.807) is 18.6 Å². The normalized spacial score (nSPS) is 14.1. The average molecular weight is 399 g/mol. The maximum absolute atomic E-state index is 12.9. The van der Waals surface area contributed by atoms with Crippen LogP contribution in [0.2, 0.25) is 0 Å². The van der Waals surface area contributed by atoms with Crippen molar-refractivity contribution in [2.75, 3.05) is 36.4 Å². The number of carbonyl (C=O) groups is 1. The number of H-pyrrole nitrogens is 1. The quantitative estimate of drug-likeness (QED) is 0.488. The predicted molar refractivity (Wildman–Crippen MR) is 117 cm³/mol. The number of piperazine rings is 1. The van der Waals surface area contributed by atoms with Crippen LogP contribution in [-0.2, 0) is 0 Å². The Hall–Kier alpha value is -3.78. The summed E-state index contributed by atoms with van der Waals surface area (Å²) in [6, 6.07) is 13.5. The second-order valence-corrected chi connectivity index (χ2v) is 7.17. The fourth-order valence-electron chi connectivity index (χ4n) is 3.63. The van der Waals surface area contributed by atoms with Gasteiger partial charge in [-0.25, -0.2) is 4.98 Å². The molecule has 0 atom stereocenters. The highest BCUT2D eigenvalue weighted by atomic mass is 16.1. The van der Waals surface area contributed by atoms with Gasteiger partial charge in [-0.3, -0.25) is 14.9 Å². The number of benzene rings is 1. The molecule has 4 heterocycles. The second-order valence-electron chi connectivity index (χ2n) is 7.17. The van der Waals surface area contributed by atoms with Crippen LogP contribution in [0.1, 0.15) is 10.5 Å². The van der Waals surface area contributed by atoms with E-state index in [1.807, 2.05) is 42.5 Å². The zero-order chi connectivity index (χ0) is 20.3. The van der Waals surface area contributed by atoms with Crippen molar-refractivity contribution in [1.82, 2.24) is 25.5 Å². The number of pyridine rings is 2. The summed E-state index contributed by atoms with van der Waals surface area (Å²) < 4.78 is 0. The van der Waals surface area contributed by atoms with Crippen LogP contribution in [0.25, 0.3) is 22.0 Å². The lowest BCUT2D eigenvalue weighted by atomic mass is 10.0. The number of rotatable bonds is 4. The summed E-state index contributed by atoms with van der Waals surface area (Å²) >= 11 is 0. The van der Waals surface area contributed by atoms with E-state index in [4.69, 9.17) is 0 Å². The van der Waals surface area contributed by atoms with Crippen molar-refractivity contribution in [3.63, 3.8) is 0 Å². The summed E-state index contributed by atoms with van der Waals surface area (Å²) in [6.07, 6.45) is 5.22. The van der Waals surface area contributed by atoms with Crippen LogP contribution in [0.4, 0.5) is 11.5 Å². The minimum atomic E-state index is -0.277. The molecule has 1 saturated heterocycles. The van der Waals surface area contributed by atoms with Crippen LogP contribution in [0.3, 0.4) is 0 Å². The number of nitrogens with zero attached hydrogens (tertiary/aromatic N) is 4. The van der Waals surface area contributed by atoms with Gasteiger partial charge in [-0.15, -0.1) is 0 Å². The molecule has 4 aromatic rings. The smallest absolute Gasteiger partial charge is 0.276 e. The molecule has 3 aromatic heterocycles. The Morgan fingerprint density at radius 2 is 1.93 bits per heavy atom. The lowest BCUT2D eigenvalue weighted by Crippen LogP contribution is -2.43. The Morgan fingerprint density at radius 3 is 2.70 bits per heavy atom. The standard InChI is InChI=1S/C22H21N7O/c30-22(26-17-4-6-20(25-14-17)29-10-8-23-9-11-29)21-18-12-15(3-5-19(18)27-28-21)16-2-1-7-24-13-16/h1-7,12-14,23H,8-11H2,(H,26,30)(H,27,28). The second kappa shape index (κ2) is 7.92. The van der Waals surface area contributed by atoms with Gasteiger partial charge in [0.15, 0.2) is 5.69 Å². The van der Waals surface area contributed by atoms with Gasteiger partial charge in [0.25, 0.3) is 5.91 Å². The number of amides is 1. The van der Waals surface area contributed by atoms with Gasteiger partial charge in [0.1, 0.15) is 5.82 Å². The number of nitrogens with one attached hydrogen (secondary N) is 3. The van der Waals surface area contributed by atoms with Crippen molar-refractivity contribution in [3.8, 4) is 11.1 Å². The van der Waals surface area contributed by atoms with Crippen LogP contribution in [0.15, 0.2) is 61.1 Å². The molecule has 0 saturated carbocycles. The molecule has 8 heteroatoms. The molecule has 1 fully saturated rings. The number of carbonyl (C=O) groups excluding carboxylic acids is 1. The third kappa shape index (κ3) is 3.60. The van der Waals surface area contributed by atoms with E-state index in [2.05, 4.69) is 35.7 Å². The number of anilines is 2. The Kier molecular flexibility index (Phi) is 4.82. The van der Waals surface area contributed by atoms with E-state index in [0.717, 1.165) is 54.0 Å². The number of aromatic nitrogens is 4. The van der Waals surface area contributed by atoms with Gasteiger partial charge in [-0.05, 0) is 35.9 Å². The van der Waals surface area contributed by atoms with E-state index >= 15 is 0 Å². The summed E-state index contributed by atoms with van der Waals surface area (Å²) in [4.78, 5) is 23.8. The van der Waals surface area contributed by atoms with Gasteiger partial charge in [0.2, 0.25) is 0 Å². The highest BCUT2D eigenvalue weighted by Gasteiger charge is 2.16. The van der Waals surface area contributed by atoms with Crippen LogP contribution < -0.4 is 15.5 Å². The summed E-state index contributed by atoms with van der Waals surface area (Å²) in [6.45, 7) is 3.76. The molecule has 0 bridgehead atoms. The zero-order valence-electron chi connectivity index (χ0n) is 16.3. The van der Waals surface area contributed by atoms with E-state index in [-0.39, 0.29) is 5.91 Å². The molecule has 8 nitrogen and oxygen atoms in total. The summed E-state index contributed by atoms with van der Waals surface area (Å²) in [5.74, 6) is 0.641. The molecule has 30 heavy (non-hydrogen) atoms. The van der Waals surface area contributed by atoms with E-state index < -0.39 is 0 Å². The summed E-state index contributed by atoms with van der Waals surface area (Å²) in [5.41, 5.74) is 3.76. The first-order chi connectivity index (χ1) is 14.8. The largest absolute Gasteiger partial charge is 0.354 e. The molecule has 1 aromatic carbocycles. The van der Waals surface area contributed by atoms with Crippen molar-refractivity contribution in [2.24, 2.45) is 0 Å². The predicted octanol–water partition coefficient (Wildman–Crippen LogP) is 2.68. The van der Waals surface area contributed by atoms with E-state index in [9.17, 15) is 4.79 Å². The fourth-order valence-corrected chi connectivity index (χ4v) is 3.63. The molecular weight excluding hydrogens is 378 g/mol. The van der Waals surface area contributed by atoms with E-state index in [1.165, 1.54) is 0 Å². The van der Waals surface area contributed by atoms with Gasteiger partial charge in [0, 0.05) is 49.5 Å². The first-order valence-corrected chi connectivity index (χ1v) is 9.89. The molecule has 1 aliphatic heterocycles. The number of hydrogen-bond donors (Lipinski definition) is 3. The highest BCUT2D eigenvalue weighted by Crippen LogP contribution is 2.25. The van der Waals surface area contributed by atoms with Crippen LogP contribution in [0, 0.1) is 0 Å². The van der Waals surface area contributed by atoms with Gasteiger partial charge in [0.05, 0.1) is 17.4 Å². The molecule has 1 aliphatic rings. The third-order valence-electron chi connectivity index (χ3n) is 5.22. The third-order valence-corrected chi connectivity index (χ3v) is 5.22. The molecule has 0 radical (unpaired) electrons. The fraction of sp³-hybridized carbons (Fsp3) is 0.182. The van der Waals surface area contributed by atoms with Gasteiger partial charge in [-0.1, -0.05) is 12.1 Å². The zero-order valence-corrected chi connectivity index (χ0v) is 16.3. The van der Waals surface area contributed by atoms with Crippen LogP contribution in [-0.4, -0.2) is 52.3 Å². The SMILES string of the molecule is O=C(Nc1ccc(N2CCNCC2)nc1)c1n[nH]c2ccc(-c3cccnc3)cc12. The van der Waals surface area contributed by atoms with Crippen molar-refractivity contribution in [1.29, 1.82) is 0 Å². The first-order valence-electron chi connectivity index (χ1n) is 9.89. The Balaban J connectivity index is 1.37. The molecule has 0 aliphatic carbocycles. The monoisotopic (exact) mass is 399 g/mol. The van der Waals surface area contributed by atoms with Crippen molar-refractivity contribution in [2.45, 2.75) is 0 Å². The van der Waals surface area contributed by atoms with Crippen LogP contribution in [0.5, 0.6) is 0 Å². The van der Waals surface area contributed by atoms with E-state index in [0.29, 0.717) is 11.4 Å². The summed E-state index contributed by atoms with van der Waals surface area (Å²) in [7, 11) is 0. The van der Waals surface area contributed by atoms with Crippen molar-refractivity contribution >= 4 is 28.3 Å². The summed E-state index contributed by atoms with van der Waals surface area (Å²) in [5, 5.41) is 14.1. The minimum Gasteiger partial charge on any atom is -0.354 e. The van der Waals surface area contributed by atoms with Gasteiger partial charge >= 0.3 is 0 Å². The molecule has 0 spiro atoms. The Labute approximate surface area is 173 Å². The van der Waals surface area contributed by atoms with Crippen molar-refractivity contribution < 1.29 is 4.79 Å². The molecule has 3 N–H and O–H groups in total. The topological polar surface area (TPSA) is 98.8 Å². The Morgan fingerprint density at radius 1 is 1.03 bits per heavy atom.